The first kappa shape index (κ1) is 20.0. The third-order valence-corrected chi connectivity index (χ3v) is 5.59. The molecule has 3 nitrogen and oxygen atoms in total. The number of para-hydroxylation sites is 2. The summed E-state index contributed by atoms with van der Waals surface area (Å²) in [6, 6.07) is 36.5. The average molecular weight is 420 g/mol. The number of anilines is 1. The summed E-state index contributed by atoms with van der Waals surface area (Å²) in [4.78, 5) is 2.39. The van der Waals surface area contributed by atoms with Crippen molar-refractivity contribution >= 4 is 11.3 Å². The van der Waals surface area contributed by atoms with Crippen LogP contribution < -0.4 is 14.4 Å². The van der Waals surface area contributed by atoms with E-state index in [1.807, 2.05) is 84.9 Å². The molecule has 0 radical (unpaired) electrons. The van der Waals surface area contributed by atoms with Crippen molar-refractivity contribution in [1.29, 1.82) is 0 Å². The molecule has 0 aromatic heterocycles. The van der Waals surface area contributed by atoms with E-state index in [1.54, 1.807) is 0 Å². The summed E-state index contributed by atoms with van der Waals surface area (Å²) in [5.41, 5.74) is 3.86. The molecule has 0 spiro atoms. The van der Waals surface area contributed by atoms with Crippen LogP contribution in [0.15, 0.2) is 115 Å². The number of rotatable bonds is 6. The van der Waals surface area contributed by atoms with Gasteiger partial charge in [-0.15, -0.1) is 0 Å². The summed E-state index contributed by atoms with van der Waals surface area (Å²) >= 11 is 0. The van der Waals surface area contributed by atoms with E-state index < -0.39 is 0 Å². The highest BCUT2D eigenvalue weighted by molar-refractivity contribution is 5.69. The molecule has 158 valence electrons. The molecule has 0 bridgehead atoms. The maximum atomic E-state index is 5.90. The van der Waals surface area contributed by atoms with Crippen molar-refractivity contribution in [2.24, 2.45) is 0 Å². The lowest BCUT2D eigenvalue weighted by atomic mass is 9.99. The summed E-state index contributed by atoms with van der Waals surface area (Å²) in [6.07, 6.45) is 3.34. The van der Waals surface area contributed by atoms with E-state index in [-0.39, 0.29) is 0 Å². The van der Waals surface area contributed by atoms with Crippen LogP contribution in [0.4, 0.5) is 5.69 Å². The molecule has 4 aromatic rings. The molecule has 1 aliphatic heterocycles. The van der Waals surface area contributed by atoms with Gasteiger partial charge in [0.05, 0.1) is 0 Å². The van der Waals surface area contributed by atoms with Gasteiger partial charge in [0.2, 0.25) is 0 Å². The van der Waals surface area contributed by atoms with E-state index in [0.29, 0.717) is 0 Å². The van der Waals surface area contributed by atoms with E-state index in [9.17, 15) is 0 Å². The molecule has 1 aliphatic rings. The van der Waals surface area contributed by atoms with Crippen LogP contribution in [0.3, 0.4) is 0 Å². The maximum Gasteiger partial charge on any atom is 0.127 e. The van der Waals surface area contributed by atoms with Gasteiger partial charge < -0.3 is 14.4 Å². The number of ether oxygens (including phenoxy) is 2. The Hall–Kier alpha value is -3.98. The van der Waals surface area contributed by atoms with Crippen LogP contribution in [0.1, 0.15) is 12.0 Å². The van der Waals surface area contributed by atoms with E-state index >= 15 is 0 Å². The lowest BCUT2D eigenvalue weighted by Crippen LogP contribution is -2.28. The Morgan fingerprint density at radius 1 is 0.531 bits per heavy atom. The molecule has 0 atom stereocenters. The Labute approximate surface area is 189 Å². The Balaban J connectivity index is 1.20. The second-order valence-corrected chi connectivity index (χ2v) is 7.77. The minimum absolute atomic E-state index is 0.853. The second kappa shape index (κ2) is 9.44. The highest BCUT2D eigenvalue weighted by Crippen LogP contribution is 2.30. The van der Waals surface area contributed by atoms with Crippen LogP contribution in [-0.4, -0.2) is 13.1 Å². The normalized spacial score (nSPS) is 13.4. The molecule has 5 rings (SSSR count). The SMILES string of the molecule is C1=C(c2ccc(Oc3ccccc3)cc2)CCN(c2ccc(Oc3ccccc3)cc2)C1. The van der Waals surface area contributed by atoms with Gasteiger partial charge in [-0.1, -0.05) is 54.6 Å². The van der Waals surface area contributed by atoms with Gasteiger partial charge in [0.25, 0.3) is 0 Å². The van der Waals surface area contributed by atoms with Gasteiger partial charge in [0.1, 0.15) is 23.0 Å². The zero-order valence-corrected chi connectivity index (χ0v) is 17.9. The van der Waals surface area contributed by atoms with Crippen molar-refractivity contribution in [3.05, 3.63) is 121 Å². The zero-order chi connectivity index (χ0) is 21.6. The largest absolute Gasteiger partial charge is 0.457 e. The summed E-state index contributed by atoms with van der Waals surface area (Å²) in [7, 11) is 0. The van der Waals surface area contributed by atoms with Crippen LogP contribution in [0.5, 0.6) is 23.0 Å². The van der Waals surface area contributed by atoms with Gasteiger partial charge in [-0.05, 0) is 78.2 Å². The molecule has 0 amide bonds. The lowest BCUT2D eigenvalue weighted by Gasteiger charge is -2.28. The fourth-order valence-electron chi connectivity index (χ4n) is 3.88. The Kier molecular flexibility index (Phi) is 5.89. The topological polar surface area (TPSA) is 21.7 Å². The number of benzene rings is 4. The van der Waals surface area contributed by atoms with Crippen LogP contribution in [0.25, 0.3) is 5.57 Å². The van der Waals surface area contributed by atoms with Gasteiger partial charge in [-0.2, -0.15) is 0 Å². The Morgan fingerprint density at radius 2 is 1.03 bits per heavy atom. The highest BCUT2D eigenvalue weighted by atomic mass is 16.5. The number of hydrogen-bond acceptors (Lipinski definition) is 3. The third kappa shape index (κ3) is 4.84. The van der Waals surface area contributed by atoms with Gasteiger partial charge >= 0.3 is 0 Å². The van der Waals surface area contributed by atoms with Crippen LogP contribution in [0.2, 0.25) is 0 Å². The molecular formula is C29H25NO2. The minimum Gasteiger partial charge on any atom is -0.457 e. The summed E-state index contributed by atoms with van der Waals surface area (Å²) in [5, 5.41) is 0. The standard InChI is InChI=1S/C29H25NO2/c1-3-7-26(8-4-1)31-28-15-11-23(12-16-28)24-19-21-30(22-20-24)25-13-17-29(18-14-25)32-27-9-5-2-6-10-27/h1-19H,20-22H2. The quantitative estimate of drug-likeness (QED) is 0.322. The molecular weight excluding hydrogens is 394 g/mol. The van der Waals surface area contributed by atoms with E-state index in [0.717, 1.165) is 42.5 Å². The molecule has 32 heavy (non-hydrogen) atoms. The second-order valence-electron chi connectivity index (χ2n) is 7.77. The van der Waals surface area contributed by atoms with E-state index in [4.69, 9.17) is 9.47 Å². The molecule has 0 aliphatic carbocycles. The average Bonchev–Trinajstić information content (AvgIpc) is 2.86. The van der Waals surface area contributed by atoms with Crippen molar-refractivity contribution in [3.63, 3.8) is 0 Å². The van der Waals surface area contributed by atoms with E-state index in [2.05, 4.69) is 35.2 Å². The number of hydrogen-bond donors (Lipinski definition) is 0. The monoisotopic (exact) mass is 419 g/mol. The molecule has 0 unspecified atom stereocenters. The maximum absolute atomic E-state index is 5.90. The van der Waals surface area contributed by atoms with Crippen LogP contribution >= 0.6 is 0 Å². The Bertz CT molecular complexity index is 1170. The molecule has 0 N–H and O–H groups in total. The summed E-state index contributed by atoms with van der Waals surface area (Å²) in [5.74, 6) is 3.42. The van der Waals surface area contributed by atoms with Gasteiger partial charge in [-0.3, -0.25) is 0 Å². The van der Waals surface area contributed by atoms with Crippen molar-refractivity contribution in [1.82, 2.24) is 0 Å². The molecule has 4 aromatic carbocycles. The molecule has 0 saturated carbocycles. The fourth-order valence-corrected chi connectivity index (χ4v) is 3.88. The van der Waals surface area contributed by atoms with Crippen molar-refractivity contribution in [2.45, 2.75) is 6.42 Å². The fraction of sp³-hybridized carbons (Fsp3) is 0.103. The predicted octanol–water partition coefficient (Wildman–Crippen LogP) is 7.56. The van der Waals surface area contributed by atoms with Crippen molar-refractivity contribution in [3.8, 4) is 23.0 Å². The minimum atomic E-state index is 0.853. The third-order valence-electron chi connectivity index (χ3n) is 5.59. The highest BCUT2D eigenvalue weighted by Gasteiger charge is 2.14. The lowest BCUT2D eigenvalue weighted by molar-refractivity contribution is 0.482. The van der Waals surface area contributed by atoms with Gasteiger partial charge in [-0.25, -0.2) is 0 Å². The molecule has 3 heteroatoms. The Morgan fingerprint density at radius 3 is 1.53 bits per heavy atom. The molecule has 0 saturated heterocycles. The molecule has 0 fully saturated rings. The number of nitrogens with zero attached hydrogens (tertiary/aromatic N) is 1. The van der Waals surface area contributed by atoms with E-state index in [1.165, 1.54) is 16.8 Å². The van der Waals surface area contributed by atoms with Gasteiger partial charge in [0, 0.05) is 18.8 Å². The van der Waals surface area contributed by atoms with Crippen LogP contribution in [0, 0.1) is 0 Å². The van der Waals surface area contributed by atoms with Crippen molar-refractivity contribution in [2.75, 3.05) is 18.0 Å². The predicted molar refractivity (Wildman–Crippen MR) is 131 cm³/mol. The van der Waals surface area contributed by atoms with Crippen LogP contribution in [-0.2, 0) is 0 Å². The first-order chi connectivity index (χ1) is 15.8. The zero-order valence-electron chi connectivity index (χ0n) is 17.9. The summed E-state index contributed by atoms with van der Waals surface area (Å²) in [6.45, 7) is 1.89. The molecule has 1 heterocycles. The van der Waals surface area contributed by atoms with Crippen molar-refractivity contribution < 1.29 is 9.47 Å². The smallest absolute Gasteiger partial charge is 0.127 e. The first-order valence-corrected chi connectivity index (χ1v) is 10.9. The van der Waals surface area contributed by atoms with Gasteiger partial charge in [0.15, 0.2) is 0 Å². The first-order valence-electron chi connectivity index (χ1n) is 10.9. The summed E-state index contributed by atoms with van der Waals surface area (Å²) < 4.78 is 11.8.